The minimum Gasteiger partial charge on any atom is -0.508 e. The standard InChI is InChI=1S/C24H22O4/c1-14-12-17(6-11-22(14)27-3)23-19-9-10-21(26)15(2)24(19)28-13-20(23)16-4-7-18(25)8-5-16/h4-12,25-26H,13H2,1-3H3. The quantitative estimate of drug-likeness (QED) is 0.672. The summed E-state index contributed by atoms with van der Waals surface area (Å²) in [5.41, 5.74) is 6.83. The molecule has 28 heavy (non-hydrogen) atoms. The highest BCUT2D eigenvalue weighted by atomic mass is 16.5. The normalized spacial score (nSPS) is 13.1. The number of aryl methyl sites for hydroxylation is 1. The zero-order chi connectivity index (χ0) is 19.8. The molecule has 0 saturated heterocycles. The molecule has 0 amide bonds. The van der Waals surface area contributed by atoms with Gasteiger partial charge in [0, 0.05) is 16.7 Å². The molecular weight excluding hydrogens is 352 g/mol. The zero-order valence-electron chi connectivity index (χ0n) is 16.1. The highest BCUT2D eigenvalue weighted by Gasteiger charge is 2.25. The van der Waals surface area contributed by atoms with E-state index >= 15 is 0 Å². The van der Waals surface area contributed by atoms with Gasteiger partial charge in [0.25, 0.3) is 0 Å². The molecule has 1 heterocycles. The van der Waals surface area contributed by atoms with Gasteiger partial charge in [0.05, 0.1) is 7.11 Å². The van der Waals surface area contributed by atoms with Gasteiger partial charge in [-0.05, 0) is 72.5 Å². The molecule has 1 aliphatic heterocycles. The Kier molecular flexibility index (Phi) is 4.47. The molecule has 3 aromatic rings. The summed E-state index contributed by atoms with van der Waals surface area (Å²) in [5.74, 6) is 1.98. The third kappa shape index (κ3) is 2.97. The van der Waals surface area contributed by atoms with Gasteiger partial charge in [-0.1, -0.05) is 18.2 Å². The summed E-state index contributed by atoms with van der Waals surface area (Å²) in [5, 5.41) is 19.8. The molecule has 0 radical (unpaired) electrons. The highest BCUT2D eigenvalue weighted by molar-refractivity contribution is 6.02. The Morgan fingerprint density at radius 2 is 1.61 bits per heavy atom. The molecule has 0 spiro atoms. The van der Waals surface area contributed by atoms with Crippen LogP contribution in [0.3, 0.4) is 0 Å². The minimum absolute atomic E-state index is 0.220. The molecule has 0 aliphatic carbocycles. The van der Waals surface area contributed by atoms with Crippen molar-refractivity contribution in [3.05, 3.63) is 82.4 Å². The maximum absolute atomic E-state index is 10.1. The van der Waals surface area contributed by atoms with Gasteiger partial charge in [-0.25, -0.2) is 0 Å². The number of fused-ring (bicyclic) bond motifs is 1. The molecule has 4 heteroatoms. The predicted molar refractivity (Wildman–Crippen MR) is 110 cm³/mol. The number of benzene rings is 3. The molecular formula is C24H22O4. The van der Waals surface area contributed by atoms with E-state index in [0.29, 0.717) is 12.4 Å². The first kappa shape index (κ1) is 18.0. The van der Waals surface area contributed by atoms with Gasteiger partial charge in [-0.15, -0.1) is 0 Å². The summed E-state index contributed by atoms with van der Waals surface area (Å²) in [6.07, 6.45) is 0. The van der Waals surface area contributed by atoms with Crippen LogP contribution in [0, 0.1) is 13.8 Å². The molecule has 0 atom stereocenters. The van der Waals surface area contributed by atoms with Crippen LogP contribution in [0.25, 0.3) is 11.1 Å². The van der Waals surface area contributed by atoms with E-state index in [9.17, 15) is 10.2 Å². The van der Waals surface area contributed by atoms with Crippen molar-refractivity contribution in [2.24, 2.45) is 0 Å². The first-order valence-corrected chi connectivity index (χ1v) is 9.13. The average molecular weight is 374 g/mol. The average Bonchev–Trinajstić information content (AvgIpc) is 2.70. The summed E-state index contributed by atoms with van der Waals surface area (Å²) >= 11 is 0. The third-order valence-corrected chi connectivity index (χ3v) is 5.21. The van der Waals surface area contributed by atoms with E-state index in [-0.39, 0.29) is 11.5 Å². The van der Waals surface area contributed by atoms with Crippen molar-refractivity contribution in [2.45, 2.75) is 13.8 Å². The molecule has 4 rings (SSSR count). The van der Waals surface area contributed by atoms with E-state index in [0.717, 1.165) is 44.7 Å². The highest BCUT2D eigenvalue weighted by Crippen LogP contribution is 2.45. The van der Waals surface area contributed by atoms with Gasteiger partial charge in [0.15, 0.2) is 0 Å². The van der Waals surface area contributed by atoms with Crippen LogP contribution in [0.15, 0.2) is 54.6 Å². The topological polar surface area (TPSA) is 58.9 Å². The van der Waals surface area contributed by atoms with E-state index in [1.54, 1.807) is 25.3 Å². The van der Waals surface area contributed by atoms with Gasteiger partial charge < -0.3 is 19.7 Å². The number of hydrogen-bond donors (Lipinski definition) is 2. The fourth-order valence-corrected chi connectivity index (χ4v) is 3.70. The van der Waals surface area contributed by atoms with E-state index < -0.39 is 0 Å². The second kappa shape index (κ2) is 6.97. The van der Waals surface area contributed by atoms with Crippen molar-refractivity contribution in [1.82, 2.24) is 0 Å². The lowest BCUT2D eigenvalue weighted by Gasteiger charge is -2.27. The van der Waals surface area contributed by atoms with Crippen LogP contribution in [0.2, 0.25) is 0 Å². The smallest absolute Gasteiger partial charge is 0.134 e. The van der Waals surface area contributed by atoms with Crippen LogP contribution in [0.4, 0.5) is 0 Å². The van der Waals surface area contributed by atoms with E-state index in [1.165, 1.54) is 0 Å². The Bertz CT molecular complexity index is 1080. The Morgan fingerprint density at radius 3 is 2.29 bits per heavy atom. The molecule has 0 fully saturated rings. The van der Waals surface area contributed by atoms with Crippen LogP contribution in [0.5, 0.6) is 23.0 Å². The first-order chi connectivity index (χ1) is 13.5. The van der Waals surface area contributed by atoms with Gasteiger partial charge in [-0.3, -0.25) is 0 Å². The molecule has 0 bridgehead atoms. The van der Waals surface area contributed by atoms with Crippen molar-refractivity contribution in [2.75, 3.05) is 13.7 Å². The number of methoxy groups -OCH3 is 1. The number of hydrogen-bond acceptors (Lipinski definition) is 4. The molecule has 142 valence electrons. The monoisotopic (exact) mass is 374 g/mol. The Hall–Kier alpha value is -3.40. The van der Waals surface area contributed by atoms with E-state index in [4.69, 9.17) is 9.47 Å². The molecule has 3 aromatic carbocycles. The Labute approximate surface area is 164 Å². The lowest BCUT2D eigenvalue weighted by atomic mass is 9.86. The summed E-state index contributed by atoms with van der Waals surface area (Å²) in [4.78, 5) is 0. The molecule has 2 N–H and O–H groups in total. The number of phenols is 2. The largest absolute Gasteiger partial charge is 0.508 e. The Balaban J connectivity index is 2.00. The number of ether oxygens (including phenoxy) is 2. The maximum Gasteiger partial charge on any atom is 0.134 e. The molecule has 1 aliphatic rings. The summed E-state index contributed by atoms with van der Waals surface area (Å²) in [7, 11) is 1.67. The molecule has 0 unspecified atom stereocenters. The predicted octanol–water partition coefficient (Wildman–Crippen LogP) is 5.07. The maximum atomic E-state index is 10.1. The second-order valence-corrected chi connectivity index (χ2v) is 6.96. The van der Waals surface area contributed by atoms with E-state index in [1.807, 2.05) is 44.2 Å². The fraction of sp³-hybridized carbons (Fsp3) is 0.167. The molecule has 0 aromatic heterocycles. The van der Waals surface area contributed by atoms with Crippen LogP contribution in [0.1, 0.15) is 27.8 Å². The Morgan fingerprint density at radius 1 is 0.893 bits per heavy atom. The SMILES string of the molecule is COc1ccc(C2=C(c3ccc(O)cc3)COc3c2ccc(O)c3C)cc1C. The molecule has 4 nitrogen and oxygen atoms in total. The van der Waals surface area contributed by atoms with Crippen molar-refractivity contribution in [3.63, 3.8) is 0 Å². The number of rotatable bonds is 3. The summed E-state index contributed by atoms with van der Waals surface area (Å²) in [6.45, 7) is 4.25. The minimum atomic E-state index is 0.220. The molecule has 0 saturated carbocycles. The van der Waals surface area contributed by atoms with Crippen LogP contribution in [-0.4, -0.2) is 23.9 Å². The number of aromatic hydroxyl groups is 2. The van der Waals surface area contributed by atoms with Crippen molar-refractivity contribution >= 4 is 11.1 Å². The second-order valence-electron chi connectivity index (χ2n) is 6.96. The first-order valence-electron chi connectivity index (χ1n) is 9.13. The zero-order valence-corrected chi connectivity index (χ0v) is 16.1. The lowest BCUT2D eigenvalue weighted by Crippen LogP contribution is -2.13. The fourth-order valence-electron chi connectivity index (χ4n) is 3.70. The van der Waals surface area contributed by atoms with Crippen LogP contribution >= 0.6 is 0 Å². The van der Waals surface area contributed by atoms with Gasteiger partial charge >= 0.3 is 0 Å². The lowest BCUT2D eigenvalue weighted by molar-refractivity contribution is 0.357. The summed E-state index contributed by atoms with van der Waals surface area (Å²) in [6, 6.07) is 16.8. The summed E-state index contributed by atoms with van der Waals surface area (Å²) < 4.78 is 11.5. The van der Waals surface area contributed by atoms with Crippen LogP contribution < -0.4 is 9.47 Å². The van der Waals surface area contributed by atoms with Gasteiger partial charge in [0.2, 0.25) is 0 Å². The van der Waals surface area contributed by atoms with Crippen molar-refractivity contribution < 1.29 is 19.7 Å². The van der Waals surface area contributed by atoms with Crippen LogP contribution in [-0.2, 0) is 0 Å². The van der Waals surface area contributed by atoms with E-state index in [2.05, 4.69) is 6.07 Å². The number of phenolic OH excluding ortho intramolecular Hbond substituents is 2. The third-order valence-electron chi connectivity index (χ3n) is 5.21. The van der Waals surface area contributed by atoms with Crippen molar-refractivity contribution in [3.8, 4) is 23.0 Å². The van der Waals surface area contributed by atoms with Gasteiger partial charge in [0.1, 0.15) is 29.6 Å². The van der Waals surface area contributed by atoms with Crippen molar-refractivity contribution in [1.29, 1.82) is 0 Å². The van der Waals surface area contributed by atoms with Gasteiger partial charge in [-0.2, -0.15) is 0 Å².